The van der Waals surface area contributed by atoms with Gasteiger partial charge in [-0.15, -0.1) is 0 Å². The molecule has 1 saturated carbocycles. The molecule has 0 aromatic carbocycles. The molecule has 0 radical (unpaired) electrons. The summed E-state index contributed by atoms with van der Waals surface area (Å²) >= 11 is 0. The number of nitro groups is 1. The molecule has 8 heteroatoms. The number of aryl methyl sites for hydroxylation is 1. The maximum absolute atomic E-state index is 10.9. The number of nitrogens with two attached hydrogens (primary N) is 1. The van der Waals surface area contributed by atoms with Gasteiger partial charge >= 0.3 is 5.69 Å². The molecule has 0 spiro atoms. The van der Waals surface area contributed by atoms with E-state index in [0.29, 0.717) is 12.5 Å². The molecule has 0 atom stereocenters. The van der Waals surface area contributed by atoms with Crippen molar-refractivity contribution in [2.24, 2.45) is 11.8 Å². The highest BCUT2D eigenvalue weighted by molar-refractivity contribution is 5.48. The van der Waals surface area contributed by atoms with E-state index in [4.69, 9.17) is 10.6 Å². The number of ether oxygens (including phenoxy) is 1. The Morgan fingerprint density at radius 3 is 2.83 bits per heavy atom. The molecule has 8 nitrogen and oxygen atoms in total. The number of rotatable bonds is 6. The van der Waals surface area contributed by atoms with Gasteiger partial charge in [0, 0.05) is 0 Å². The van der Waals surface area contributed by atoms with Crippen molar-refractivity contribution in [3.05, 3.63) is 15.8 Å². The van der Waals surface area contributed by atoms with Gasteiger partial charge in [0.05, 0.1) is 11.5 Å². The summed E-state index contributed by atoms with van der Waals surface area (Å²) in [4.78, 5) is 18.1. The minimum absolute atomic E-state index is 0.0268. The average molecular weight is 253 g/mol. The molecule has 1 aliphatic rings. The van der Waals surface area contributed by atoms with Crippen molar-refractivity contribution in [3.8, 4) is 5.88 Å². The Morgan fingerprint density at radius 2 is 2.28 bits per heavy atom. The minimum Gasteiger partial charge on any atom is -0.473 e. The number of hydrogen-bond acceptors (Lipinski definition) is 7. The zero-order valence-corrected chi connectivity index (χ0v) is 10.0. The van der Waals surface area contributed by atoms with E-state index in [1.807, 2.05) is 0 Å². The molecule has 98 valence electrons. The van der Waals surface area contributed by atoms with Gasteiger partial charge in [0.15, 0.2) is 0 Å². The Morgan fingerprint density at radius 1 is 1.56 bits per heavy atom. The number of nitrogens with one attached hydrogen (secondary N) is 1. The lowest BCUT2D eigenvalue weighted by Gasteiger charge is -2.08. The van der Waals surface area contributed by atoms with Gasteiger partial charge in [0.1, 0.15) is 5.69 Å². The largest absolute Gasteiger partial charge is 0.473 e. The number of hydrogen-bond donors (Lipinski definition) is 2. The highest BCUT2D eigenvalue weighted by Gasteiger charge is 2.25. The van der Waals surface area contributed by atoms with Crippen LogP contribution in [0, 0.1) is 23.0 Å². The highest BCUT2D eigenvalue weighted by Crippen LogP contribution is 2.33. The summed E-state index contributed by atoms with van der Waals surface area (Å²) < 4.78 is 5.38. The van der Waals surface area contributed by atoms with E-state index in [1.165, 1.54) is 19.8 Å². The summed E-state index contributed by atoms with van der Waals surface area (Å²) in [6.07, 6.45) is 3.32. The molecule has 1 aromatic rings. The second kappa shape index (κ2) is 5.13. The highest BCUT2D eigenvalue weighted by atomic mass is 16.6. The van der Waals surface area contributed by atoms with Crippen LogP contribution in [0.1, 0.15) is 25.0 Å². The quantitative estimate of drug-likeness (QED) is 0.443. The van der Waals surface area contributed by atoms with Crippen molar-refractivity contribution < 1.29 is 9.66 Å². The molecule has 3 N–H and O–H groups in total. The SMILES string of the molecule is Cc1nc(NN)nc(OCCC2CC2)c1[N+](=O)[O-]. The second-order valence-electron chi connectivity index (χ2n) is 4.27. The van der Waals surface area contributed by atoms with Crippen LogP contribution in [0.15, 0.2) is 0 Å². The van der Waals surface area contributed by atoms with Crippen LogP contribution < -0.4 is 16.0 Å². The van der Waals surface area contributed by atoms with Crippen molar-refractivity contribution in [1.29, 1.82) is 0 Å². The predicted molar refractivity (Wildman–Crippen MR) is 64.1 cm³/mol. The fourth-order valence-electron chi connectivity index (χ4n) is 1.64. The molecule has 0 saturated heterocycles. The van der Waals surface area contributed by atoms with Gasteiger partial charge in [-0.3, -0.25) is 15.5 Å². The molecule has 1 heterocycles. The lowest BCUT2D eigenvalue weighted by Crippen LogP contribution is -2.14. The summed E-state index contributed by atoms with van der Waals surface area (Å²) in [5.41, 5.74) is 2.28. The van der Waals surface area contributed by atoms with Crippen LogP contribution in [-0.4, -0.2) is 21.5 Å². The van der Waals surface area contributed by atoms with Crippen LogP contribution in [0.3, 0.4) is 0 Å². The second-order valence-corrected chi connectivity index (χ2v) is 4.27. The molecule has 1 fully saturated rings. The van der Waals surface area contributed by atoms with E-state index >= 15 is 0 Å². The molecule has 0 bridgehead atoms. The van der Waals surface area contributed by atoms with E-state index < -0.39 is 4.92 Å². The standard InChI is InChI=1S/C10H15N5O3/c1-6-8(15(16)17)9(13-10(12-6)14-11)18-5-4-7-2-3-7/h7H,2-5,11H2,1H3,(H,12,13,14). The van der Waals surface area contributed by atoms with Crippen molar-refractivity contribution in [2.45, 2.75) is 26.2 Å². The summed E-state index contributed by atoms with van der Waals surface area (Å²) in [6.45, 7) is 1.94. The number of nitrogen functional groups attached to an aromatic ring is 1. The summed E-state index contributed by atoms with van der Waals surface area (Å²) in [5, 5.41) is 10.9. The Hall–Kier alpha value is -1.96. The maximum Gasteiger partial charge on any atom is 0.352 e. The first-order valence-electron chi connectivity index (χ1n) is 5.74. The van der Waals surface area contributed by atoms with E-state index in [0.717, 1.165) is 6.42 Å². The average Bonchev–Trinajstić information content (AvgIpc) is 3.11. The molecule has 18 heavy (non-hydrogen) atoms. The van der Waals surface area contributed by atoms with Crippen LogP contribution >= 0.6 is 0 Å². The molecular weight excluding hydrogens is 238 g/mol. The zero-order valence-electron chi connectivity index (χ0n) is 10.0. The van der Waals surface area contributed by atoms with Crippen molar-refractivity contribution in [3.63, 3.8) is 0 Å². The number of anilines is 1. The van der Waals surface area contributed by atoms with Crippen molar-refractivity contribution >= 4 is 11.6 Å². The van der Waals surface area contributed by atoms with Crippen LogP contribution in [0.25, 0.3) is 0 Å². The molecule has 0 amide bonds. The first kappa shape index (κ1) is 12.5. The van der Waals surface area contributed by atoms with E-state index in [9.17, 15) is 10.1 Å². The molecular formula is C10H15N5O3. The lowest BCUT2D eigenvalue weighted by atomic mass is 10.3. The van der Waals surface area contributed by atoms with E-state index in [2.05, 4.69) is 15.4 Å². The Labute approximate surface area is 104 Å². The van der Waals surface area contributed by atoms with Gasteiger partial charge < -0.3 is 4.74 Å². The van der Waals surface area contributed by atoms with Gasteiger partial charge in [-0.05, 0) is 19.3 Å². The Bertz CT molecular complexity index is 461. The van der Waals surface area contributed by atoms with Crippen LogP contribution in [0.5, 0.6) is 5.88 Å². The van der Waals surface area contributed by atoms with E-state index in [1.54, 1.807) is 0 Å². The third-order valence-electron chi connectivity index (χ3n) is 2.80. The first-order valence-corrected chi connectivity index (χ1v) is 5.74. The first-order chi connectivity index (χ1) is 8.61. The van der Waals surface area contributed by atoms with Gasteiger partial charge in [-0.1, -0.05) is 12.8 Å². The van der Waals surface area contributed by atoms with Crippen LogP contribution in [-0.2, 0) is 0 Å². The third-order valence-corrected chi connectivity index (χ3v) is 2.80. The molecule has 0 unspecified atom stereocenters. The van der Waals surface area contributed by atoms with Gasteiger partial charge in [0.25, 0.3) is 5.88 Å². The van der Waals surface area contributed by atoms with Crippen LogP contribution in [0.4, 0.5) is 11.6 Å². The van der Waals surface area contributed by atoms with E-state index in [-0.39, 0.29) is 23.2 Å². The smallest absolute Gasteiger partial charge is 0.352 e. The zero-order chi connectivity index (χ0) is 13.1. The lowest BCUT2D eigenvalue weighted by molar-refractivity contribution is -0.387. The molecule has 0 aliphatic heterocycles. The van der Waals surface area contributed by atoms with Crippen molar-refractivity contribution in [1.82, 2.24) is 9.97 Å². The van der Waals surface area contributed by atoms with Crippen molar-refractivity contribution in [2.75, 3.05) is 12.0 Å². The normalized spacial score (nSPS) is 14.3. The molecule has 2 rings (SSSR count). The number of aromatic nitrogens is 2. The van der Waals surface area contributed by atoms with Gasteiger partial charge in [-0.2, -0.15) is 4.98 Å². The minimum atomic E-state index is -0.540. The summed E-state index contributed by atoms with van der Waals surface area (Å²) in [6, 6.07) is 0. The van der Waals surface area contributed by atoms with Gasteiger partial charge in [0.2, 0.25) is 5.95 Å². The summed E-state index contributed by atoms with van der Waals surface area (Å²) in [5.74, 6) is 5.98. The molecule has 1 aliphatic carbocycles. The molecule has 1 aromatic heterocycles. The van der Waals surface area contributed by atoms with Gasteiger partial charge in [-0.25, -0.2) is 10.8 Å². The monoisotopic (exact) mass is 253 g/mol. The maximum atomic E-state index is 10.9. The Balaban J connectivity index is 2.17. The number of hydrazine groups is 1. The third kappa shape index (κ3) is 2.83. The number of nitrogens with zero attached hydrogens (tertiary/aromatic N) is 3. The topological polar surface area (TPSA) is 116 Å². The summed E-state index contributed by atoms with van der Waals surface area (Å²) in [7, 11) is 0. The fourth-order valence-corrected chi connectivity index (χ4v) is 1.64. The fraction of sp³-hybridized carbons (Fsp3) is 0.600. The Kier molecular flexibility index (Phi) is 3.56. The predicted octanol–water partition coefficient (Wildman–Crippen LogP) is 1.16. The van der Waals surface area contributed by atoms with Crippen LogP contribution in [0.2, 0.25) is 0 Å².